The largest absolute Gasteiger partial charge is 0.493 e. The third kappa shape index (κ3) is 3.72. The van der Waals surface area contributed by atoms with Gasteiger partial charge in [-0.2, -0.15) is 0 Å². The number of aromatic nitrogens is 3. The highest BCUT2D eigenvalue weighted by molar-refractivity contribution is 9.09. The van der Waals surface area contributed by atoms with Crippen LogP contribution in [0, 0.1) is 0 Å². The highest BCUT2D eigenvalue weighted by Gasteiger charge is 2.09. The van der Waals surface area contributed by atoms with Crippen molar-refractivity contribution in [1.29, 1.82) is 0 Å². The van der Waals surface area contributed by atoms with E-state index in [1.165, 1.54) is 0 Å². The van der Waals surface area contributed by atoms with E-state index in [2.05, 4.69) is 33.2 Å². The van der Waals surface area contributed by atoms with Crippen LogP contribution in [-0.4, -0.2) is 28.7 Å². The number of alkyl halides is 1. The molecule has 0 aliphatic rings. The minimum Gasteiger partial charge on any atom is -0.493 e. The zero-order chi connectivity index (χ0) is 14.4. The van der Waals surface area contributed by atoms with Gasteiger partial charge in [-0.1, -0.05) is 40.2 Å². The molecule has 108 valence electrons. The summed E-state index contributed by atoms with van der Waals surface area (Å²) in [6, 6.07) is 7.59. The summed E-state index contributed by atoms with van der Waals surface area (Å²) in [5.41, 5.74) is 0.949. The maximum atomic E-state index is 5.70. The van der Waals surface area contributed by atoms with Crippen molar-refractivity contribution >= 4 is 15.9 Å². The Morgan fingerprint density at radius 2 is 2.05 bits per heavy atom. The SMILES string of the molecule is CCC(Br)c1cn(CCOc2ccccc2OC)nn1. The lowest BCUT2D eigenvalue weighted by atomic mass is 10.3. The quantitative estimate of drug-likeness (QED) is 0.726. The van der Waals surface area contributed by atoms with Gasteiger partial charge < -0.3 is 9.47 Å². The Morgan fingerprint density at radius 3 is 2.75 bits per heavy atom. The van der Waals surface area contributed by atoms with Gasteiger partial charge in [-0.25, -0.2) is 4.68 Å². The number of nitrogens with zero attached hydrogens (tertiary/aromatic N) is 3. The smallest absolute Gasteiger partial charge is 0.161 e. The molecular formula is C14H18BrN3O2. The summed E-state index contributed by atoms with van der Waals surface area (Å²) >= 11 is 3.56. The molecule has 0 aliphatic heterocycles. The van der Waals surface area contributed by atoms with Crippen LogP contribution in [0.5, 0.6) is 11.5 Å². The molecule has 0 N–H and O–H groups in total. The Hall–Kier alpha value is -1.56. The molecule has 0 spiro atoms. The monoisotopic (exact) mass is 339 g/mol. The topological polar surface area (TPSA) is 49.2 Å². The summed E-state index contributed by atoms with van der Waals surface area (Å²) in [5.74, 6) is 1.47. The molecule has 0 saturated carbocycles. The number of hydrogen-bond acceptors (Lipinski definition) is 4. The zero-order valence-corrected chi connectivity index (χ0v) is 13.2. The third-order valence-corrected chi connectivity index (χ3v) is 4.00. The molecule has 1 aromatic carbocycles. The molecular weight excluding hydrogens is 322 g/mol. The van der Waals surface area contributed by atoms with Gasteiger partial charge in [-0.3, -0.25) is 0 Å². The lowest BCUT2D eigenvalue weighted by molar-refractivity contribution is 0.273. The Balaban J connectivity index is 1.88. The first kappa shape index (κ1) is 14.8. The van der Waals surface area contributed by atoms with E-state index in [0.717, 1.165) is 23.6 Å². The Morgan fingerprint density at radius 1 is 1.30 bits per heavy atom. The molecule has 6 heteroatoms. The van der Waals surface area contributed by atoms with E-state index in [1.54, 1.807) is 11.8 Å². The van der Waals surface area contributed by atoms with Gasteiger partial charge in [-0.05, 0) is 18.6 Å². The average molecular weight is 340 g/mol. The van der Waals surface area contributed by atoms with E-state index < -0.39 is 0 Å². The molecule has 1 heterocycles. The Kier molecular flexibility index (Phi) is 5.40. The van der Waals surface area contributed by atoms with E-state index in [-0.39, 0.29) is 4.83 Å². The van der Waals surface area contributed by atoms with Crippen molar-refractivity contribution in [3.63, 3.8) is 0 Å². The fourth-order valence-corrected chi connectivity index (χ4v) is 1.97. The van der Waals surface area contributed by atoms with Crippen LogP contribution in [-0.2, 0) is 6.54 Å². The van der Waals surface area contributed by atoms with E-state index in [9.17, 15) is 0 Å². The molecule has 1 unspecified atom stereocenters. The van der Waals surface area contributed by atoms with Crippen molar-refractivity contribution in [2.45, 2.75) is 24.7 Å². The van der Waals surface area contributed by atoms with Crippen LogP contribution in [0.4, 0.5) is 0 Å². The molecule has 0 bridgehead atoms. The van der Waals surface area contributed by atoms with E-state index in [1.807, 2.05) is 30.5 Å². The third-order valence-electron chi connectivity index (χ3n) is 2.88. The highest BCUT2D eigenvalue weighted by atomic mass is 79.9. The summed E-state index contributed by atoms with van der Waals surface area (Å²) in [4.78, 5) is 0.256. The first-order chi connectivity index (χ1) is 9.74. The summed E-state index contributed by atoms with van der Waals surface area (Å²) in [7, 11) is 1.63. The number of rotatable bonds is 7. The first-order valence-corrected chi connectivity index (χ1v) is 7.46. The van der Waals surface area contributed by atoms with Gasteiger partial charge in [-0.15, -0.1) is 5.10 Å². The fraction of sp³-hybridized carbons (Fsp3) is 0.429. The number of ether oxygens (including phenoxy) is 2. The van der Waals surface area contributed by atoms with Gasteiger partial charge >= 0.3 is 0 Å². The minimum absolute atomic E-state index is 0.256. The van der Waals surface area contributed by atoms with Crippen molar-refractivity contribution in [3.05, 3.63) is 36.2 Å². The zero-order valence-electron chi connectivity index (χ0n) is 11.6. The number of benzene rings is 1. The van der Waals surface area contributed by atoms with Gasteiger partial charge in [0.05, 0.1) is 24.2 Å². The predicted octanol–water partition coefficient (Wildman–Crippen LogP) is 3.21. The van der Waals surface area contributed by atoms with E-state index in [0.29, 0.717) is 13.2 Å². The lowest BCUT2D eigenvalue weighted by Gasteiger charge is -2.09. The van der Waals surface area contributed by atoms with Crippen LogP contribution in [0.15, 0.2) is 30.5 Å². The van der Waals surface area contributed by atoms with E-state index >= 15 is 0 Å². The maximum Gasteiger partial charge on any atom is 0.161 e. The maximum absolute atomic E-state index is 5.70. The molecule has 0 fully saturated rings. The Bertz CT molecular complexity index is 545. The summed E-state index contributed by atoms with van der Waals surface area (Å²) in [6.45, 7) is 3.26. The highest BCUT2D eigenvalue weighted by Crippen LogP contribution is 2.26. The van der Waals surface area contributed by atoms with Crippen LogP contribution in [0.2, 0.25) is 0 Å². The van der Waals surface area contributed by atoms with Crippen LogP contribution in [0.25, 0.3) is 0 Å². The molecule has 20 heavy (non-hydrogen) atoms. The summed E-state index contributed by atoms with van der Waals surface area (Å²) < 4.78 is 12.7. The first-order valence-electron chi connectivity index (χ1n) is 6.54. The number of halogens is 1. The molecule has 2 rings (SSSR count). The lowest BCUT2D eigenvalue weighted by Crippen LogP contribution is -2.09. The minimum atomic E-state index is 0.256. The second-order valence-electron chi connectivity index (χ2n) is 4.28. The van der Waals surface area contributed by atoms with Crippen molar-refractivity contribution < 1.29 is 9.47 Å². The molecule has 0 saturated heterocycles. The van der Waals surface area contributed by atoms with Gasteiger partial charge in [0.15, 0.2) is 11.5 Å². The Labute approximate surface area is 127 Å². The van der Waals surface area contributed by atoms with Crippen molar-refractivity contribution in [3.8, 4) is 11.5 Å². The normalized spacial score (nSPS) is 12.2. The molecule has 0 aliphatic carbocycles. The average Bonchev–Trinajstić information content (AvgIpc) is 2.96. The molecule has 1 atom stereocenters. The van der Waals surface area contributed by atoms with Crippen LogP contribution in [0.1, 0.15) is 23.9 Å². The molecule has 0 amide bonds. The molecule has 1 aromatic heterocycles. The second kappa shape index (κ2) is 7.28. The number of para-hydroxylation sites is 2. The van der Waals surface area contributed by atoms with Crippen molar-refractivity contribution in [2.75, 3.05) is 13.7 Å². The van der Waals surface area contributed by atoms with Crippen molar-refractivity contribution in [2.24, 2.45) is 0 Å². The van der Waals surface area contributed by atoms with Gasteiger partial charge in [0.2, 0.25) is 0 Å². The molecule has 5 nitrogen and oxygen atoms in total. The van der Waals surface area contributed by atoms with Crippen molar-refractivity contribution in [1.82, 2.24) is 15.0 Å². The number of hydrogen-bond donors (Lipinski definition) is 0. The standard InChI is InChI=1S/C14H18BrN3O2/c1-3-11(15)12-10-18(17-16-12)8-9-20-14-7-5-4-6-13(14)19-2/h4-7,10-11H,3,8-9H2,1-2H3. The predicted molar refractivity (Wildman–Crippen MR) is 80.5 cm³/mol. The molecule has 0 radical (unpaired) electrons. The fourth-order valence-electron chi connectivity index (χ4n) is 1.76. The van der Waals surface area contributed by atoms with Crippen LogP contribution < -0.4 is 9.47 Å². The van der Waals surface area contributed by atoms with Gasteiger partial charge in [0.25, 0.3) is 0 Å². The summed E-state index contributed by atoms with van der Waals surface area (Å²) in [5, 5.41) is 8.22. The van der Waals surface area contributed by atoms with Crippen LogP contribution >= 0.6 is 15.9 Å². The van der Waals surface area contributed by atoms with Crippen LogP contribution in [0.3, 0.4) is 0 Å². The second-order valence-corrected chi connectivity index (χ2v) is 5.39. The molecule has 2 aromatic rings. The van der Waals surface area contributed by atoms with E-state index in [4.69, 9.17) is 9.47 Å². The number of methoxy groups -OCH3 is 1. The van der Waals surface area contributed by atoms with Gasteiger partial charge in [0.1, 0.15) is 6.61 Å². The summed E-state index contributed by atoms with van der Waals surface area (Å²) in [6.07, 6.45) is 2.92. The van der Waals surface area contributed by atoms with Gasteiger partial charge in [0, 0.05) is 6.20 Å².